The number of hydrogen-bond acceptors (Lipinski definition) is 5. The lowest BCUT2D eigenvalue weighted by atomic mass is 10.1. The van der Waals surface area contributed by atoms with E-state index >= 15 is 0 Å². The maximum atomic E-state index is 13.2. The molecule has 8 heteroatoms. The Morgan fingerprint density at radius 2 is 1.93 bits per heavy atom. The molecule has 2 fully saturated rings. The Morgan fingerprint density at radius 3 is 2.67 bits per heavy atom. The molecule has 0 unspecified atom stereocenters. The monoisotopic (exact) mass is 410 g/mol. The first-order valence-electron chi connectivity index (χ1n) is 10.2. The Balaban J connectivity index is 1.45. The minimum absolute atomic E-state index is 0.0505. The summed E-state index contributed by atoms with van der Waals surface area (Å²) in [5.41, 5.74) is 1.00. The fraction of sp³-hybridized carbons (Fsp3) is 0.409. The molecule has 2 saturated heterocycles. The van der Waals surface area contributed by atoms with Crippen LogP contribution < -0.4 is 10.1 Å². The molecule has 0 saturated carbocycles. The van der Waals surface area contributed by atoms with Gasteiger partial charge in [0.05, 0.1) is 26.0 Å². The molecule has 0 radical (unpaired) electrons. The fourth-order valence-corrected chi connectivity index (χ4v) is 3.82. The summed E-state index contributed by atoms with van der Waals surface area (Å²) < 4.78 is 11.4. The van der Waals surface area contributed by atoms with E-state index in [1.54, 1.807) is 28.3 Å². The van der Waals surface area contributed by atoms with Crippen LogP contribution in [0.5, 0.6) is 5.75 Å². The Kier molecular flexibility index (Phi) is 6.44. The van der Waals surface area contributed by atoms with E-state index in [9.17, 15) is 9.59 Å². The molecule has 30 heavy (non-hydrogen) atoms. The first kappa shape index (κ1) is 20.2. The summed E-state index contributed by atoms with van der Waals surface area (Å²) in [5.74, 6) is 0.581. The van der Waals surface area contributed by atoms with Gasteiger partial charge in [-0.05, 0) is 17.7 Å². The van der Waals surface area contributed by atoms with E-state index < -0.39 is 6.04 Å². The van der Waals surface area contributed by atoms with E-state index in [4.69, 9.17) is 9.47 Å². The normalized spacial score (nSPS) is 21.3. The standard InChI is InChI=1S/C22H26N4O4/c27-21(25-9-11-29-12-10-25)20-13-19(30-18-7-4-8-23-15-18)16-26(20)22(28)24-14-17-5-2-1-3-6-17/h1-8,15,19-20H,9-14,16H2,(H,24,28)/t19-,20-/m0/s1. The van der Waals surface area contributed by atoms with Crippen molar-refractivity contribution < 1.29 is 19.1 Å². The van der Waals surface area contributed by atoms with Gasteiger partial charge in [-0.15, -0.1) is 0 Å². The Morgan fingerprint density at radius 1 is 1.13 bits per heavy atom. The van der Waals surface area contributed by atoms with Gasteiger partial charge in [-0.3, -0.25) is 9.78 Å². The first-order valence-corrected chi connectivity index (χ1v) is 10.2. The lowest BCUT2D eigenvalue weighted by molar-refractivity contribution is -0.139. The lowest BCUT2D eigenvalue weighted by Gasteiger charge is -2.32. The van der Waals surface area contributed by atoms with Crippen molar-refractivity contribution in [3.63, 3.8) is 0 Å². The van der Waals surface area contributed by atoms with Crippen molar-refractivity contribution in [1.82, 2.24) is 20.1 Å². The smallest absolute Gasteiger partial charge is 0.318 e. The third-order valence-electron chi connectivity index (χ3n) is 5.36. The average Bonchev–Trinajstić information content (AvgIpc) is 3.22. The van der Waals surface area contributed by atoms with Crippen molar-refractivity contribution in [2.24, 2.45) is 0 Å². The molecule has 2 aromatic rings. The van der Waals surface area contributed by atoms with Gasteiger partial charge in [-0.1, -0.05) is 30.3 Å². The molecule has 1 aromatic heterocycles. The first-order chi connectivity index (χ1) is 14.7. The van der Waals surface area contributed by atoms with E-state index in [-0.39, 0.29) is 18.0 Å². The largest absolute Gasteiger partial charge is 0.487 e. The number of carbonyl (C=O) groups is 2. The van der Waals surface area contributed by atoms with Crippen molar-refractivity contribution in [3.05, 3.63) is 60.4 Å². The van der Waals surface area contributed by atoms with Crippen LogP contribution in [0.15, 0.2) is 54.9 Å². The molecule has 3 heterocycles. The number of rotatable bonds is 5. The van der Waals surface area contributed by atoms with Crippen LogP contribution in [0.1, 0.15) is 12.0 Å². The zero-order valence-corrected chi connectivity index (χ0v) is 16.8. The second-order valence-corrected chi connectivity index (χ2v) is 7.41. The second kappa shape index (κ2) is 9.58. The van der Waals surface area contributed by atoms with Crippen LogP contribution >= 0.6 is 0 Å². The molecular weight excluding hydrogens is 384 g/mol. The minimum Gasteiger partial charge on any atom is -0.487 e. The average molecular weight is 410 g/mol. The van der Waals surface area contributed by atoms with Gasteiger partial charge in [0, 0.05) is 32.3 Å². The van der Waals surface area contributed by atoms with Crippen LogP contribution in [-0.2, 0) is 16.1 Å². The topological polar surface area (TPSA) is 84.0 Å². The fourth-order valence-electron chi connectivity index (χ4n) is 3.82. The molecule has 2 aliphatic heterocycles. The summed E-state index contributed by atoms with van der Waals surface area (Å²) in [6.45, 7) is 2.88. The number of aromatic nitrogens is 1. The predicted octanol–water partition coefficient (Wildman–Crippen LogP) is 1.67. The molecule has 2 aliphatic rings. The summed E-state index contributed by atoms with van der Waals surface area (Å²) in [7, 11) is 0. The highest BCUT2D eigenvalue weighted by molar-refractivity contribution is 5.88. The molecule has 1 N–H and O–H groups in total. The molecular formula is C22H26N4O4. The number of nitrogens with zero attached hydrogens (tertiary/aromatic N) is 3. The predicted molar refractivity (Wildman–Crippen MR) is 110 cm³/mol. The highest BCUT2D eigenvalue weighted by atomic mass is 16.5. The minimum atomic E-state index is -0.555. The maximum Gasteiger partial charge on any atom is 0.318 e. The molecule has 158 valence electrons. The van der Waals surface area contributed by atoms with Gasteiger partial charge in [0.1, 0.15) is 17.9 Å². The Labute approximate surface area is 175 Å². The summed E-state index contributed by atoms with van der Waals surface area (Å²) in [5, 5.41) is 2.94. The maximum absolute atomic E-state index is 13.2. The zero-order chi connectivity index (χ0) is 20.8. The summed E-state index contributed by atoms with van der Waals surface area (Å²) in [6, 6.07) is 12.5. The van der Waals surface area contributed by atoms with Gasteiger partial charge in [0.15, 0.2) is 0 Å². The number of hydrogen-bond donors (Lipinski definition) is 1. The summed E-state index contributed by atoms with van der Waals surface area (Å²) in [4.78, 5) is 33.6. The van der Waals surface area contributed by atoms with Crippen LogP contribution in [0.25, 0.3) is 0 Å². The number of carbonyl (C=O) groups excluding carboxylic acids is 2. The van der Waals surface area contributed by atoms with Gasteiger partial charge in [-0.2, -0.15) is 0 Å². The van der Waals surface area contributed by atoms with Gasteiger partial charge < -0.3 is 24.6 Å². The Bertz CT molecular complexity index is 843. The SMILES string of the molecule is O=C([C@@H]1C[C@H](Oc2cccnc2)CN1C(=O)NCc1ccccc1)N1CCOCC1. The number of benzene rings is 1. The highest BCUT2D eigenvalue weighted by Crippen LogP contribution is 2.25. The van der Waals surface area contributed by atoms with Crippen LogP contribution in [0.4, 0.5) is 4.79 Å². The van der Waals surface area contributed by atoms with Crippen molar-refractivity contribution in [2.45, 2.75) is 25.1 Å². The number of urea groups is 1. The van der Waals surface area contributed by atoms with E-state index in [1.807, 2.05) is 36.4 Å². The number of ether oxygens (including phenoxy) is 2. The number of pyridine rings is 1. The Hall–Kier alpha value is -3.13. The molecule has 2 atom stereocenters. The molecule has 0 spiro atoms. The summed E-state index contributed by atoms with van der Waals surface area (Å²) in [6.07, 6.45) is 3.49. The number of amides is 3. The zero-order valence-electron chi connectivity index (χ0n) is 16.8. The van der Waals surface area contributed by atoms with Crippen LogP contribution in [0, 0.1) is 0 Å². The van der Waals surface area contributed by atoms with Gasteiger partial charge >= 0.3 is 6.03 Å². The summed E-state index contributed by atoms with van der Waals surface area (Å²) >= 11 is 0. The van der Waals surface area contributed by atoms with E-state index in [0.29, 0.717) is 51.6 Å². The van der Waals surface area contributed by atoms with Crippen LogP contribution in [-0.4, -0.2) is 71.7 Å². The van der Waals surface area contributed by atoms with Crippen molar-refractivity contribution in [3.8, 4) is 5.75 Å². The quantitative estimate of drug-likeness (QED) is 0.811. The van der Waals surface area contributed by atoms with Gasteiger partial charge in [0.25, 0.3) is 0 Å². The number of morpholine rings is 1. The van der Waals surface area contributed by atoms with Crippen molar-refractivity contribution in [2.75, 3.05) is 32.8 Å². The van der Waals surface area contributed by atoms with Gasteiger partial charge in [-0.25, -0.2) is 4.79 Å². The molecule has 1 aromatic carbocycles. The third kappa shape index (κ3) is 4.88. The molecule has 0 bridgehead atoms. The molecule has 4 rings (SSSR count). The second-order valence-electron chi connectivity index (χ2n) is 7.41. The lowest BCUT2D eigenvalue weighted by Crippen LogP contribution is -2.52. The van der Waals surface area contributed by atoms with Crippen LogP contribution in [0.3, 0.4) is 0 Å². The molecule has 3 amide bonds. The molecule has 8 nitrogen and oxygen atoms in total. The van der Waals surface area contributed by atoms with Crippen molar-refractivity contribution >= 4 is 11.9 Å². The van der Waals surface area contributed by atoms with Gasteiger partial charge in [0.2, 0.25) is 5.91 Å². The highest BCUT2D eigenvalue weighted by Gasteiger charge is 2.42. The van der Waals surface area contributed by atoms with E-state index in [2.05, 4.69) is 10.3 Å². The van der Waals surface area contributed by atoms with Crippen LogP contribution in [0.2, 0.25) is 0 Å². The number of likely N-dealkylation sites (tertiary alicyclic amines) is 1. The van der Waals surface area contributed by atoms with E-state index in [1.165, 1.54) is 0 Å². The number of nitrogens with one attached hydrogen (secondary N) is 1. The third-order valence-corrected chi connectivity index (χ3v) is 5.36. The van der Waals surface area contributed by atoms with E-state index in [0.717, 1.165) is 5.56 Å². The molecule has 0 aliphatic carbocycles. The van der Waals surface area contributed by atoms with Crippen molar-refractivity contribution in [1.29, 1.82) is 0 Å².